The van der Waals surface area contributed by atoms with Crippen LogP contribution in [0, 0.1) is 5.92 Å². The summed E-state index contributed by atoms with van der Waals surface area (Å²) in [4.78, 5) is 25.8. The molecule has 3 aliphatic heterocycles. The van der Waals surface area contributed by atoms with Crippen molar-refractivity contribution in [1.29, 1.82) is 0 Å². The summed E-state index contributed by atoms with van der Waals surface area (Å²) < 4.78 is 0. The molecule has 4 rings (SSSR count). The van der Waals surface area contributed by atoms with Crippen LogP contribution in [0.15, 0.2) is 24.3 Å². The van der Waals surface area contributed by atoms with E-state index in [1.54, 1.807) is 4.90 Å². The summed E-state index contributed by atoms with van der Waals surface area (Å²) in [5.41, 5.74) is 1.58. The molecule has 0 spiro atoms. The van der Waals surface area contributed by atoms with Crippen molar-refractivity contribution in [2.24, 2.45) is 5.92 Å². The summed E-state index contributed by atoms with van der Waals surface area (Å²) in [5.74, 6) is 0.556. The standard InChI is InChI=1S/C18H24N4O2.ClH/c23-17(10-12-8-14-4-5-15(9-12)20-14)21-13-2-1-3-16(11-13)22-7-6-19-18(22)24;/h1-3,11-12,14-15,20H,4-10H2,(H,19,24)(H,21,23);1H. The van der Waals surface area contributed by atoms with Gasteiger partial charge >= 0.3 is 6.03 Å². The highest BCUT2D eigenvalue weighted by atomic mass is 35.5. The average molecular weight is 365 g/mol. The molecule has 2 atom stereocenters. The zero-order chi connectivity index (χ0) is 16.5. The largest absolute Gasteiger partial charge is 0.336 e. The van der Waals surface area contributed by atoms with Gasteiger partial charge in [-0.1, -0.05) is 6.07 Å². The van der Waals surface area contributed by atoms with Crippen LogP contribution in [0.2, 0.25) is 0 Å². The summed E-state index contributed by atoms with van der Waals surface area (Å²) in [7, 11) is 0. The fourth-order valence-electron chi connectivity index (χ4n) is 4.29. The molecule has 3 fully saturated rings. The molecule has 0 aromatic heterocycles. The first kappa shape index (κ1) is 18.0. The SMILES string of the molecule is Cl.O=C(CC1CC2CCC(C1)N2)Nc1cccc(N2CCNC2=O)c1. The number of rotatable bonds is 4. The van der Waals surface area contributed by atoms with Crippen LogP contribution in [0.25, 0.3) is 0 Å². The molecule has 136 valence electrons. The van der Waals surface area contributed by atoms with Crippen LogP contribution in [0.5, 0.6) is 0 Å². The topological polar surface area (TPSA) is 73.5 Å². The summed E-state index contributed by atoms with van der Waals surface area (Å²) in [6, 6.07) is 8.66. The van der Waals surface area contributed by atoms with E-state index in [1.165, 1.54) is 12.8 Å². The number of carbonyl (C=O) groups excluding carboxylic acids is 2. The van der Waals surface area contributed by atoms with Gasteiger partial charge < -0.3 is 16.0 Å². The number of nitrogens with one attached hydrogen (secondary N) is 3. The van der Waals surface area contributed by atoms with E-state index >= 15 is 0 Å². The predicted octanol–water partition coefficient (Wildman–Crippen LogP) is 2.50. The van der Waals surface area contributed by atoms with Crippen LogP contribution in [0.3, 0.4) is 0 Å². The molecule has 2 unspecified atom stereocenters. The normalized spacial score (nSPS) is 27.6. The number of amides is 3. The highest BCUT2D eigenvalue weighted by Gasteiger charge is 2.34. The molecule has 7 heteroatoms. The zero-order valence-electron chi connectivity index (χ0n) is 14.2. The minimum absolute atomic E-state index is 0. The molecular formula is C18H25ClN4O2. The number of benzene rings is 1. The molecule has 3 N–H and O–H groups in total. The highest BCUT2D eigenvalue weighted by Crippen LogP contribution is 2.33. The van der Waals surface area contributed by atoms with Gasteiger partial charge in [0, 0.05) is 43.0 Å². The second-order valence-electron chi connectivity index (χ2n) is 7.16. The van der Waals surface area contributed by atoms with Gasteiger partial charge in [0.1, 0.15) is 0 Å². The Bertz CT molecular complexity index is 642. The van der Waals surface area contributed by atoms with Crippen molar-refractivity contribution < 1.29 is 9.59 Å². The van der Waals surface area contributed by atoms with E-state index in [0.29, 0.717) is 37.5 Å². The molecule has 3 heterocycles. The second-order valence-corrected chi connectivity index (χ2v) is 7.16. The Hall–Kier alpha value is -1.79. The van der Waals surface area contributed by atoms with E-state index in [2.05, 4.69) is 16.0 Å². The third-order valence-electron chi connectivity index (χ3n) is 5.34. The van der Waals surface area contributed by atoms with Crippen molar-refractivity contribution in [3.05, 3.63) is 24.3 Å². The van der Waals surface area contributed by atoms with E-state index < -0.39 is 0 Å². The predicted molar refractivity (Wildman–Crippen MR) is 100 cm³/mol. The molecule has 1 aromatic carbocycles. The third-order valence-corrected chi connectivity index (χ3v) is 5.34. The van der Waals surface area contributed by atoms with Crippen molar-refractivity contribution in [3.8, 4) is 0 Å². The molecule has 25 heavy (non-hydrogen) atoms. The van der Waals surface area contributed by atoms with Crippen LogP contribution in [-0.4, -0.2) is 37.1 Å². The van der Waals surface area contributed by atoms with Crippen LogP contribution in [0.4, 0.5) is 16.2 Å². The van der Waals surface area contributed by atoms with Crippen molar-refractivity contribution in [1.82, 2.24) is 10.6 Å². The fourth-order valence-corrected chi connectivity index (χ4v) is 4.29. The molecule has 3 aliphatic rings. The van der Waals surface area contributed by atoms with E-state index in [0.717, 1.165) is 24.2 Å². The number of halogens is 1. The number of piperidine rings is 1. The summed E-state index contributed by atoms with van der Waals surface area (Å²) in [6.07, 6.45) is 5.31. The second kappa shape index (κ2) is 7.62. The van der Waals surface area contributed by atoms with E-state index in [4.69, 9.17) is 0 Å². The average Bonchev–Trinajstić information content (AvgIpc) is 3.13. The lowest BCUT2D eigenvalue weighted by Gasteiger charge is -2.28. The first-order valence-electron chi connectivity index (χ1n) is 8.89. The van der Waals surface area contributed by atoms with Crippen LogP contribution >= 0.6 is 12.4 Å². The van der Waals surface area contributed by atoms with Crippen molar-refractivity contribution in [3.63, 3.8) is 0 Å². The lowest BCUT2D eigenvalue weighted by atomic mass is 9.89. The monoisotopic (exact) mass is 364 g/mol. The molecular weight excluding hydrogens is 340 g/mol. The van der Waals surface area contributed by atoms with Gasteiger partial charge in [0.2, 0.25) is 5.91 Å². The number of carbonyl (C=O) groups is 2. The number of urea groups is 1. The van der Waals surface area contributed by atoms with Gasteiger partial charge in [0.15, 0.2) is 0 Å². The molecule has 6 nitrogen and oxygen atoms in total. The molecule has 3 amide bonds. The molecule has 0 saturated carbocycles. The number of fused-ring (bicyclic) bond motifs is 2. The number of nitrogens with zero attached hydrogens (tertiary/aromatic N) is 1. The molecule has 0 aliphatic carbocycles. The van der Waals surface area contributed by atoms with Crippen molar-refractivity contribution >= 4 is 35.7 Å². The Morgan fingerprint density at radius 2 is 2.00 bits per heavy atom. The first-order valence-corrected chi connectivity index (χ1v) is 8.89. The molecule has 0 radical (unpaired) electrons. The number of hydrogen-bond acceptors (Lipinski definition) is 3. The van der Waals surface area contributed by atoms with Gasteiger partial charge in [-0.05, 0) is 49.8 Å². The Kier molecular flexibility index (Phi) is 5.49. The lowest BCUT2D eigenvalue weighted by molar-refractivity contribution is -0.117. The van der Waals surface area contributed by atoms with Crippen LogP contribution < -0.4 is 20.9 Å². The van der Waals surface area contributed by atoms with Gasteiger partial charge in [0.05, 0.1) is 0 Å². The summed E-state index contributed by atoms with van der Waals surface area (Å²) in [5, 5.41) is 9.40. The van der Waals surface area contributed by atoms with Crippen LogP contribution in [0.1, 0.15) is 32.1 Å². The highest BCUT2D eigenvalue weighted by molar-refractivity contribution is 5.96. The van der Waals surface area contributed by atoms with Gasteiger partial charge in [-0.25, -0.2) is 4.79 Å². The maximum absolute atomic E-state index is 12.4. The van der Waals surface area contributed by atoms with Gasteiger partial charge in [-0.2, -0.15) is 0 Å². The number of hydrogen-bond donors (Lipinski definition) is 3. The molecule has 1 aromatic rings. The van der Waals surface area contributed by atoms with E-state index in [9.17, 15) is 9.59 Å². The van der Waals surface area contributed by atoms with Crippen LogP contribution in [-0.2, 0) is 4.79 Å². The van der Waals surface area contributed by atoms with Crippen molar-refractivity contribution in [2.75, 3.05) is 23.3 Å². The summed E-state index contributed by atoms with van der Waals surface area (Å²) >= 11 is 0. The van der Waals surface area contributed by atoms with Gasteiger partial charge in [0.25, 0.3) is 0 Å². The number of anilines is 2. The minimum atomic E-state index is -0.0799. The van der Waals surface area contributed by atoms with E-state index in [1.807, 2.05) is 24.3 Å². The summed E-state index contributed by atoms with van der Waals surface area (Å²) in [6.45, 7) is 1.32. The Labute approximate surface area is 154 Å². The molecule has 2 bridgehead atoms. The Balaban J connectivity index is 0.00000182. The lowest BCUT2D eigenvalue weighted by Crippen LogP contribution is -2.39. The maximum Gasteiger partial charge on any atom is 0.321 e. The Morgan fingerprint density at radius 1 is 1.24 bits per heavy atom. The zero-order valence-corrected chi connectivity index (χ0v) is 15.0. The van der Waals surface area contributed by atoms with Crippen molar-refractivity contribution in [2.45, 2.75) is 44.2 Å². The van der Waals surface area contributed by atoms with E-state index in [-0.39, 0.29) is 24.3 Å². The van der Waals surface area contributed by atoms with Gasteiger partial charge in [-0.15, -0.1) is 12.4 Å². The van der Waals surface area contributed by atoms with Gasteiger partial charge in [-0.3, -0.25) is 9.69 Å². The quantitative estimate of drug-likeness (QED) is 0.768. The first-order chi connectivity index (χ1) is 11.7. The fraction of sp³-hybridized carbons (Fsp3) is 0.556. The smallest absolute Gasteiger partial charge is 0.321 e. The third kappa shape index (κ3) is 4.07. The Morgan fingerprint density at radius 3 is 2.68 bits per heavy atom. The minimum Gasteiger partial charge on any atom is -0.336 e. The maximum atomic E-state index is 12.4. The molecule has 3 saturated heterocycles.